The van der Waals surface area contributed by atoms with Crippen LogP contribution in [0.3, 0.4) is 0 Å². The summed E-state index contributed by atoms with van der Waals surface area (Å²) in [5, 5.41) is 7.57. The molecule has 21 heavy (non-hydrogen) atoms. The highest BCUT2D eigenvalue weighted by molar-refractivity contribution is 5.20. The summed E-state index contributed by atoms with van der Waals surface area (Å²) in [5.41, 5.74) is 1.36. The van der Waals surface area contributed by atoms with Gasteiger partial charge in [0.1, 0.15) is 0 Å². The molecule has 0 radical (unpaired) electrons. The van der Waals surface area contributed by atoms with E-state index < -0.39 is 0 Å². The van der Waals surface area contributed by atoms with Crippen molar-refractivity contribution < 1.29 is 4.52 Å². The molecule has 0 spiro atoms. The molecule has 112 valence electrons. The molecule has 5 nitrogen and oxygen atoms in total. The lowest BCUT2D eigenvalue weighted by atomic mass is 10.0. The first-order chi connectivity index (χ1) is 10.4. The van der Waals surface area contributed by atoms with Crippen LogP contribution in [-0.2, 0) is 6.42 Å². The zero-order chi connectivity index (χ0) is 14.5. The van der Waals surface area contributed by atoms with E-state index >= 15 is 0 Å². The maximum absolute atomic E-state index is 4.81. The van der Waals surface area contributed by atoms with Gasteiger partial charge in [-0.25, -0.2) is 0 Å². The van der Waals surface area contributed by atoms with Crippen LogP contribution in [0.4, 0.5) is 0 Å². The van der Waals surface area contributed by atoms with Crippen molar-refractivity contribution >= 4 is 0 Å². The van der Waals surface area contributed by atoms with Crippen LogP contribution < -0.4 is 5.32 Å². The lowest BCUT2D eigenvalue weighted by Crippen LogP contribution is -2.52. The van der Waals surface area contributed by atoms with Gasteiger partial charge < -0.3 is 9.84 Å². The fourth-order valence-electron chi connectivity index (χ4n) is 2.99. The first kappa shape index (κ1) is 14.2. The molecule has 1 aromatic carbocycles. The number of piperazine rings is 1. The van der Waals surface area contributed by atoms with Crippen LogP contribution in [0, 0.1) is 0 Å². The summed E-state index contributed by atoms with van der Waals surface area (Å²) in [6, 6.07) is 11.6. The van der Waals surface area contributed by atoms with E-state index in [9.17, 15) is 0 Å². The predicted molar refractivity (Wildman–Crippen MR) is 80.8 cm³/mol. The molecule has 1 aliphatic rings. The van der Waals surface area contributed by atoms with E-state index in [4.69, 9.17) is 4.52 Å². The van der Waals surface area contributed by atoms with E-state index in [2.05, 4.69) is 57.6 Å². The number of benzene rings is 1. The summed E-state index contributed by atoms with van der Waals surface area (Å²) in [6.07, 6.45) is 3.40. The maximum Gasteiger partial charge on any atom is 0.213 e. The molecule has 1 aliphatic heterocycles. The fourth-order valence-corrected chi connectivity index (χ4v) is 2.99. The zero-order valence-electron chi connectivity index (χ0n) is 12.4. The Morgan fingerprint density at radius 2 is 2.19 bits per heavy atom. The largest absolute Gasteiger partial charge is 0.343 e. The Morgan fingerprint density at radius 1 is 1.33 bits per heavy atom. The van der Waals surface area contributed by atoms with Crippen LogP contribution >= 0.6 is 0 Å². The van der Waals surface area contributed by atoms with Crippen LogP contribution in [0.2, 0.25) is 0 Å². The molecular weight excluding hydrogens is 264 g/mol. The van der Waals surface area contributed by atoms with Crippen molar-refractivity contribution in [2.45, 2.75) is 31.8 Å². The van der Waals surface area contributed by atoms with E-state index in [-0.39, 0.29) is 0 Å². The van der Waals surface area contributed by atoms with Crippen molar-refractivity contribution in [1.82, 2.24) is 20.4 Å². The smallest absolute Gasteiger partial charge is 0.213 e. The summed E-state index contributed by atoms with van der Waals surface area (Å²) >= 11 is 0. The molecule has 3 rings (SSSR count). The van der Waals surface area contributed by atoms with E-state index in [1.54, 1.807) is 0 Å². The van der Waals surface area contributed by atoms with Crippen molar-refractivity contribution in [3.8, 4) is 0 Å². The van der Waals surface area contributed by atoms with Crippen molar-refractivity contribution in [2.75, 3.05) is 19.6 Å². The fraction of sp³-hybridized carbons (Fsp3) is 0.500. The standard InChI is InChI=1S/C16H22N4O/c1-2-14-10-17-15(13-6-4-3-5-7-13)11-20(14)9-8-16-18-12-21-19-16/h3-7,12,14-15,17H,2,8-11H2,1H3. The molecule has 0 aliphatic carbocycles. The van der Waals surface area contributed by atoms with Gasteiger partial charge in [-0.15, -0.1) is 0 Å². The average molecular weight is 286 g/mol. The van der Waals surface area contributed by atoms with Gasteiger partial charge in [0.15, 0.2) is 5.82 Å². The lowest BCUT2D eigenvalue weighted by molar-refractivity contribution is 0.127. The zero-order valence-corrected chi connectivity index (χ0v) is 12.4. The highest BCUT2D eigenvalue weighted by Gasteiger charge is 2.27. The molecule has 1 saturated heterocycles. The van der Waals surface area contributed by atoms with Gasteiger partial charge in [-0.3, -0.25) is 4.90 Å². The second kappa shape index (κ2) is 6.83. The van der Waals surface area contributed by atoms with E-state index in [1.807, 2.05) is 0 Å². The van der Waals surface area contributed by atoms with Gasteiger partial charge in [0.05, 0.1) is 0 Å². The Hall–Kier alpha value is -1.72. The second-order valence-electron chi connectivity index (χ2n) is 5.53. The van der Waals surface area contributed by atoms with E-state index in [0.717, 1.165) is 38.3 Å². The van der Waals surface area contributed by atoms with Crippen LogP contribution in [0.15, 0.2) is 41.2 Å². The highest BCUT2D eigenvalue weighted by atomic mass is 16.5. The number of nitrogens with one attached hydrogen (secondary N) is 1. The Balaban J connectivity index is 1.64. The molecule has 2 unspecified atom stereocenters. The van der Waals surface area contributed by atoms with Crippen LogP contribution in [0.5, 0.6) is 0 Å². The van der Waals surface area contributed by atoms with Gasteiger partial charge in [0.25, 0.3) is 0 Å². The third-order valence-electron chi connectivity index (χ3n) is 4.24. The summed E-state index contributed by atoms with van der Waals surface area (Å²) < 4.78 is 4.81. The van der Waals surface area contributed by atoms with Crippen LogP contribution in [-0.4, -0.2) is 40.7 Å². The lowest BCUT2D eigenvalue weighted by Gasteiger charge is -2.40. The van der Waals surface area contributed by atoms with Gasteiger partial charge >= 0.3 is 0 Å². The molecule has 2 heterocycles. The number of hydrogen-bond acceptors (Lipinski definition) is 5. The van der Waals surface area contributed by atoms with E-state index in [1.165, 1.54) is 12.0 Å². The molecule has 5 heteroatoms. The van der Waals surface area contributed by atoms with E-state index in [0.29, 0.717) is 12.1 Å². The molecule has 2 atom stereocenters. The number of nitrogens with zero attached hydrogens (tertiary/aromatic N) is 3. The molecule has 1 N–H and O–H groups in total. The summed E-state index contributed by atoms with van der Waals surface area (Å²) in [5.74, 6) is 0.791. The molecule has 0 bridgehead atoms. The molecular formula is C16H22N4O. The summed E-state index contributed by atoms with van der Waals surface area (Å²) in [6.45, 7) is 5.28. The SMILES string of the molecule is CCC1CNC(c2ccccc2)CN1CCc1ncon1. The normalized spacial score (nSPS) is 23.3. The molecule has 2 aromatic rings. The van der Waals surface area contributed by atoms with Crippen molar-refractivity contribution in [3.63, 3.8) is 0 Å². The topological polar surface area (TPSA) is 54.2 Å². The second-order valence-corrected chi connectivity index (χ2v) is 5.53. The monoisotopic (exact) mass is 286 g/mol. The first-order valence-electron chi connectivity index (χ1n) is 7.64. The third-order valence-corrected chi connectivity index (χ3v) is 4.24. The van der Waals surface area contributed by atoms with Crippen LogP contribution in [0.1, 0.15) is 30.8 Å². The maximum atomic E-state index is 4.81. The first-order valence-corrected chi connectivity index (χ1v) is 7.64. The number of aromatic nitrogens is 2. The molecule has 1 aromatic heterocycles. The highest BCUT2D eigenvalue weighted by Crippen LogP contribution is 2.21. The van der Waals surface area contributed by atoms with Gasteiger partial charge in [-0.2, -0.15) is 4.98 Å². The van der Waals surface area contributed by atoms with Gasteiger partial charge in [-0.1, -0.05) is 42.4 Å². The van der Waals surface area contributed by atoms with Crippen LogP contribution in [0.25, 0.3) is 0 Å². The Bertz CT molecular complexity index is 528. The quantitative estimate of drug-likeness (QED) is 0.911. The minimum Gasteiger partial charge on any atom is -0.343 e. The summed E-state index contributed by atoms with van der Waals surface area (Å²) in [7, 11) is 0. The Morgan fingerprint density at radius 3 is 2.90 bits per heavy atom. The minimum atomic E-state index is 0.402. The Labute approximate surface area is 125 Å². The number of hydrogen-bond donors (Lipinski definition) is 1. The summed E-state index contributed by atoms with van der Waals surface area (Å²) in [4.78, 5) is 6.65. The third kappa shape index (κ3) is 3.49. The van der Waals surface area contributed by atoms with Gasteiger partial charge in [-0.05, 0) is 12.0 Å². The molecule has 0 saturated carbocycles. The average Bonchev–Trinajstić information content (AvgIpc) is 3.07. The van der Waals surface area contributed by atoms with Crippen molar-refractivity contribution in [1.29, 1.82) is 0 Å². The minimum absolute atomic E-state index is 0.402. The predicted octanol–water partition coefficient (Wildman–Crippen LogP) is 2.04. The molecule has 0 amide bonds. The Kier molecular flexibility index (Phi) is 4.62. The number of rotatable bonds is 5. The van der Waals surface area contributed by atoms with Gasteiger partial charge in [0.2, 0.25) is 6.39 Å². The van der Waals surface area contributed by atoms with Crippen molar-refractivity contribution in [2.24, 2.45) is 0 Å². The van der Waals surface area contributed by atoms with Crippen molar-refractivity contribution in [3.05, 3.63) is 48.1 Å². The molecule has 1 fully saturated rings. The van der Waals surface area contributed by atoms with Gasteiger partial charge in [0, 0.05) is 38.1 Å².